The van der Waals surface area contributed by atoms with Crippen LogP contribution < -0.4 is 4.74 Å². The molecule has 7 nitrogen and oxygen atoms in total. The van der Waals surface area contributed by atoms with Crippen LogP contribution >= 0.6 is 0 Å². The average molecular weight is 455 g/mol. The van der Waals surface area contributed by atoms with Crippen LogP contribution in [-0.4, -0.2) is 65.0 Å². The normalized spacial score (nSPS) is 37.9. The minimum absolute atomic E-state index is 0.0298. The number of carbonyl (C=O) groups is 2. The summed E-state index contributed by atoms with van der Waals surface area (Å²) in [4.78, 5) is 29.2. The number of ether oxygens (including phenoxy) is 2. The fourth-order valence-electron chi connectivity index (χ4n) is 8.88. The summed E-state index contributed by atoms with van der Waals surface area (Å²) in [6.07, 6.45) is 3.50. The SMILES string of the molecule is COc1ccc2c(c1)[C@]13CCN(C(=O)OC(C)(C)C)[C@H](C2)[C@]12CCC1C3[C@@H](CN1C(=O)O)C2. The molecule has 33 heavy (non-hydrogen) atoms. The molecule has 3 aliphatic carbocycles. The van der Waals surface area contributed by atoms with Crippen LogP contribution in [0.4, 0.5) is 9.59 Å². The maximum Gasteiger partial charge on any atom is 0.410 e. The van der Waals surface area contributed by atoms with E-state index in [1.54, 1.807) is 12.0 Å². The fraction of sp³-hybridized carbons (Fsp3) is 0.692. The Morgan fingerprint density at radius 3 is 2.67 bits per heavy atom. The number of amides is 2. The van der Waals surface area contributed by atoms with Gasteiger partial charge < -0.3 is 24.4 Å². The molecule has 4 bridgehead atoms. The summed E-state index contributed by atoms with van der Waals surface area (Å²) in [7, 11) is 1.71. The van der Waals surface area contributed by atoms with Crippen LogP contribution in [0.3, 0.4) is 0 Å². The third kappa shape index (κ3) is 2.56. The van der Waals surface area contributed by atoms with E-state index in [1.807, 2.05) is 31.7 Å². The lowest BCUT2D eigenvalue weighted by atomic mass is 9.43. The summed E-state index contributed by atoms with van der Waals surface area (Å²) in [6, 6.07) is 6.56. The first-order chi connectivity index (χ1) is 15.6. The summed E-state index contributed by atoms with van der Waals surface area (Å²) >= 11 is 0. The van der Waals surface area contributed by atoms with Crippen LogP contribution in [0.2, 0.25) is 0 Å². The maximum atomic E-state index is 13.4. The number of rotatable bonds is 1. The second-order valence-electron chi connectivity index (χ2n) is 11.8. The van der Waals surface area contributed by atoms with Crippen molar-refractivity contribution in [1.29, 1.82) is 0 Å². The second-order valence-corrected chi connectivity index (χ2v) is 11.8. The summed E-state index contributed by atoms with van der Waals surface area (Å²) < 4.78 is 11.5. The number of benzene rings is 1. The molecule has 2 saturated heterocycles. The summed E-state index contributed by atoms with van der Waals surface area (Å²) in [5, 5.41) is 9.94. The van der Waals surface area contributed by atoms with Crippen molar-refractivity contribution in [2.75, 3.05) is 20.2 Å². The van der Waals surface area contributed by atoms with Gasteiger partial charge in [-0.25, -0.2) is 9.59 Å². The van der Waals surface area contributed by atoms with Crippen LogP contribution in [0.15, 0.2) is 18.2 Å². The first-order valence-corrected chi connectivity index (χ1v) is 12.3. The number of piperidine rings is 1. The molecule has 2 amide bonds. The summed E-state index contributed by atoms with van der Waals surface area (Å²) in [6.45, 7) is 7.04. The van der Waals surface area contributed by atoms with E-state index in [4.69, 9.17) is 9.47 Å². The number of likely N-dealkylation sites (tertiary alicyclic amines) is 2. The van der Waals surface area contributed by atoms with Crippen molar-refractivity contribution in [3.05, 3.63) is 29.3 Å². The lowest BCUT2D eigenvalue weighted by molar-refractivity contribution is -0.101. The molecule has 1 N–H and O–H groups in total. The van der Waals surface area contributed by atoms with E-state index >= 15 is 0 Å². The third-order valence-electron chi connectivity index (χ3n) is 9.57. The third-order valence-corrected chi connectivity index (χ3v) is 9.57. The van der Waals surface area contributed by atoms with Crippen LogP contribution in [-0.2, 0) is 16.6 Å². The minimum atomic E-state index is -0.789. The van der Waals surface area contributed by atoms with Crippen molar-refractivity contribution in [3.8, 4) is 5.75 Å². The number of carboxylic acid groups (broad SMARTS) is 1. The Bertz CT molecular complexity index is 1030. The van der Waals surface area contributed by atoms with E-state index in [0.29, 0.717) is 24.9 Å². The molecule has 6 atom stereocenters. The molecule has 2 aliphatic heterocycles. The van der Waals surface area contributed by atoms with Gasteiger partial charge in [0, 0.05) is 36.0 Å². The number of nitrogens with zero attached hydrogens (tertiary/aromatic N) is 2. The molecule has 4 fully saturated rings. The predicted molar refractivity (Wildman–Crippen MR) is 122 cm³/mol. The Morgan fingerprint density at radius 2 is 1.97 bits per heavy atom. The number of fused-ring (bicyclic) bond motifs is 1. The van der Waals surface area contributed by atoms with E-state index in [0.717, 1.165) is 37.9 Å². The largest absolute Gasteiger partial charge is 0.497 e. The Kier molecular flexibility index (Phi) is 4.21. The van der Waals surface area contributed by atoms with E-state index < -0.39 is 11.7 Å². The zero-order chi connectivity index (χ0) is 23.3. The van der Waals surface area contributed by atoms with Crippen molar-refractivity contribution in [2.24, 2.45) is 17.3 Å². The molecule has 2 saturated carbocycles. The van der Waals surface area contributed by atoms with E-state index in [9.17, 15) is 14.7 Å². The standard InChI is InChI=1S/C26H34N2O5/c1-24(2,3)33-23(31)27-10-9-26-18-12-17(32-4)6-5-15(18)11-20(27)25(26)8-7-19-21(26)16(13-25)14-28(19)22(29)30/h5-6,12,16,19-21H,7-11,13-14H2,1-4H3,(H,29,30)/t16-,19?,20-,21?,25-,26+/m1/s1. The second kappa shape index (κ2) is 6.57. The zero-order valence-electron chi connectivity index (χ0n) is 20.0. The Labute approximate surface area is 195 Å². The van der Waals surface area contributed by atoms with E-state index in [2.05, 4.69) is 12.1 Å². The molecule has 178 valence electrons. The predicted octanol–water partition coefficient (Wildman–Crippen LogP) is 4.28. The van der Waals surface area contributed by atoms with E-state index in [1.165, 1.54) is 11.1 Å². The van der Waals surface area contributed by atoms with Gasteiger partial charge in [-0.2, -0.15) is 0 Å². The lowest BCUT2D eigenvalue weighted by Gasteiger charge is -2.66. The highest BCUT2D eigenvalue weighted by Gasteiger charge is 2.77. The molecule has 2 heterocycles. The van der Waals surface area contributed by atoms with Gasteiger partial charge in [0.2, 0.25) is 0 Å². The van der Waals surface area contributed by atoms with Crippen molar-refractivity contribution in [1.82, 2.24) is 9.80 Å². The number of hydrogen-bond acceptors (Lipinski definition) is 4. The number of hydrogen-bond donors (Lipinski definition) is 1. The molecule has 2 unspecified atom stereocenters. The van der Waals surface area contributed by atoms with Crippen molar-refractivity contribution in [3.63, 3.8) is 0 Å². The van der Waals surface area contributed by atoms with Crippen molar-refractivity contribution >= 4 is 12.2 Å². The topological polar surface area (TPSA) is 79.3 Å². The highest BCUT2D eigenvalue weighted by molar-refractivity contribution is 5.71. The van der Waals surface area contributed by atoms with Crippen LogP contribution in [0.1, 0.15) is 57.6 Å². The van der Waals surface area contributed by atoms with Gasteiger partial charge in [-0.1, -0.05) is 6.07 Å². The Hall–Kier alpha value is -2.44. The first kappa shape index (κ1) is 21.1. The number of methoxy groups -OCH3 is 1. The molecule has 5 aliphatic rings. The molecule has 1 aromatic rings. The van der Waals surface area contributed by atoms with Gasteiger partial charge in [0.25, 0.3) is 0 Å². The fourth-order valence-corrected chi connectivity index (χ4v) is 8.88. The van der Waals surface area contributed by atoms with Gasteiger partial charge in [0.15, 0.2) is 0 Å². The molecule has 0 aromatic heterocycles. The summed E-state index contributed by atoms with van der Waals surface area (Å²) in [5.74, 6) is 1.50. The molecule has 0 spiro atoms. The van der Waals surface area contributed by atoms with Gasteiger partial charge >= 0.3 is 12.2 Å². The zero-order valence-corrected chi connectivity index (χ0v) is 20.0. The molecule has 6 rings (SSSR count). The number of carbonyl (C=O) groups excluding carboxylic acids is 1. The van der Waals surface area contributed by atoms with Crippen molar-refractivity contribution < 1.29 is 24.2 Å². The van der Waals surface area contributed by atoms with Crippen LogP contribution in [0.5, 0.6) is 5.75 Å². The molecule has 7 heteroatoms. The summed E-state index contributed by atoms with van der Waals surface area (Å²) in [5.41, 5.74) is 1.95. The molecular weight excluding hydrogens is 420 g/mol. The maximum absolute atomic E-state index is 13.4. The highest BCUT2D eigenvalue weighted by atomic mass is 16.6. The minimum Gasteiger partial charge on any atom is -0.497 e. The highest BCUT2D eigenvalue weighted by Crippen LogP contribution is 2.75. The van der Waals surface area contributed by atoms with Crippen LogP contribution in [0, 0.1) is 17.3 Å². The average Bonchev–Trinajstić information content (AvgIpc) is 3.18. The Morgan fingerprint density at radius 1 is 1.18 bits per heavy atom. The lowest BCUT2D eigenvalue weighted by Crippen LogP contribution is -2.70. The van der Waals surface area contributed by atoms with Gasteiger partial charge in [-0.3, -0.25) is 0 Å². The first-order valence-electron chi connectivity index (χ1n) is 12.3. The van der Waals surface area contributed by atoms with Gasteiger partial charge in [0.1, 0.15) is 11.4 Å². The smallest absolute Gasteiger partial charge is 0.410 e. The monoisotopic (exact) mass is 454 g/mol. The molecular formula is C26H34N2O5. The quantitative estimate of drug-likeness (QED) is 0.685. The van der Waals surface area contributed by atoms with Gasteiger partial charge in [-0.15, -0.1) is 0 Å². The molecule has 0 radical (unpaired) electrons. The Balaban J connectivity index is 1.51. The van der Waals surface area contributed by atoms with E-state index in [-0.39, 0.29) is 29.0 Å². The van der Waals surface area contributed by atoms with Crippen LogP contribution in [0.25, 0.3) is 0 Å². The van der Waals surface area contributed by atoms with Gasteiger partial charge in [0.05, 0.1) is 7.11 Å². The molecule has 1 aromatic carbocycles. The van der Waals surface area contributed by atoms with Gasteiger partial charge in [-0.05, 0) is 88.0 Å². The van der Waals surface area contributed by atoms with Crippen molar-refractivity contribution in [2.45, 2.75) is 76.0 Å².